The number of piperazine rings is 1. The summed E-state index contributed by atoms with van der Waals surface area (Å²) in [6, 6.07) is 4.87. The average molecular weight is 455 g/mol. The molecule has 0 unspecified atom stereocenters. The zero-order valence-electron chi connectivity index (χ0n) is 19.6. The lowest BCUT2D eigenvalue weighted by Crippen LogP contribution is -2.57. The molecule has 178 valence electrons. The lowest BCUT2D eigenvalue weighted by atomic mass is 9.96. The predicted octanol–water partition coefficient (Wildman–Crippen LogP) is 2.10. The van der Waals surface area contributed by atoms with Crippen molar-refractivity contribution in [2.45, 2.75) is 51.7 Å². The number of urea groups is 1. The Bertz CT molecular complexity index is 1000. The van der Waals surface area contributed by atoms with Gasteiger partial charge in [0.2, 0.25) is 5.91 Å². The van der Waals surface area contributed by atoms with Gasteiger partial charge in [0, 0.05) is 70.6 Å². The number of fused-ring (bicyclic) bond motifs is 1. The molecule has 0 aromatic carbocycles. The van der Waals surface area contributed by atoms with Gasteiger partial charge in [-0.05, 0) is 50.3 Å². The van der Waals surface area contributed by atoms with Gasteiger partial charge >= 0.3 is 6.03 Å². The number of rotatable bonds is 5. The van der Waals surface area contributed by atoms with E-state index < -0.39 is 0 Å². The van der Waals surface area contributed by atoms with E-state index in [2.05, 4.69) is 46.2 Å². The molecule has 3 saturated heterocycles. The summed E-state index contributed by atoms with van der Waals surface area (Å²) in [6.07, 6.45) is 6.31. The number of hydrogen-bond acceptors (Lipinski definition) is 6. The van der Waals surface area contributed by atoms with Gasteiger partial charge in [0.05, 0.1) is 17.4 Å². The molecule has 9 nitrogen and oxygen atoms in total. The topological polar surface area (TPSA) is 82.4 Å². The van der Waals surface area contributed by atoms with Crippen LogP contribution in [0.4, 0.5) is 10.5 Å². The molecule has 3 aliphatic rings. The Morgan fingerprint density at radius 2 is 1.91 bits per heavy atom. The fraction of sp³-hybridized carbons (Fsp3) is 0.625. The van der Waals surface area contributed by atoms with Gasteiger partial charge in [-0.15, -0.1) is 0 Å². The Labute approximate surface area is 194 Å². The molecule has 0 bridgehead atoms. The Hall–Kier alpha value is -2.49. The van der Waals surface area contributed by atoms with E-state index in [0.29, 0.717) is 25.0 Å². The van der Waals surface area contributed by atoms with Gasteiger partial charge in [-0.25, -0.2) is 9.31 Å². The molecule has 5 rings (SSSR count). The van der Waals surface area contributed by atoms with E-state index in [1.54, 1.807) is 15.6 Å². The van der Waals surface area contributed by atoms with Crippen LogP contribution in [0.2, 0.25) is 0 Å². The second-order valence-electron chi connectivity index (χ2n) is 9.79. The number of carbonyl (C=O) groups is 2. The maximum Gasteiger partial charge on any atom is 0.328 e. The van der Waals surface area contributed by atoms with E-state index in [9.17, 15) is 9.59 Å². The first-order valence-corrected chi connectivity index (χ1v) is 12.1. The molecule has 1 N–H and O–H groups in total. The summed E-state index contributed by atoms with van der Waals surface area (Å²) >= 11 is 0. The molecule has 0 aliphatic carbocycles. The van der Waals surface area contributed by atoms with E-state index in [0.717, 1.165) is 50.0 Å². The standard InChI is InChI=1S/C24H34N6O3/c1-17-13-27(14-18(2)29(17)16-19-5-9-33-10-6-19)15-20-3-8-30-21(11-20)22(12-25-30)28-7-4-23(31)26-24(28)32/h3,8,11-12,17-19H,4-7,9-10,13-16H2,1-2H3,(H,26,31,32)/t17-,18+. The SMILES string of the molecule is C[C@@H]1CN(Cc2ccn3ncc(N4CCC(=O)NC4=O)c3c2)C[C@H](C)N1CC1CCOCC1. The first-order chi connectivity index (χ1) is 16.0. The summed E-state index contributed by atoms with van der Waals surface area (Å²) in [5.74, 6) is 0.521. The average Bonchev–Trinajstić information content (AvgIpc) is 3.20. The van der Waals surface area contributed by atoms with Crippen molar-refractivity contribution in [2.75, 3.05) is 44.3 Å². The van der Waals surface area contributed by atoms with Crippen LogP contribution in [0.1, 0.15) is 38.7 Å². The number of nitrogens with zero attached hydrogens (tertiary/aromatic N) is 5. The number of nitrogens with one attached hydrogen (secondary N) is 1. The predicted molar refractivity (Wildman–Crippen MR) is 125 cm³/mol. The van der Waals surface area contributed by atoms with Crippen molar-refractivity contribution in [3.8, 4) is 0 Å². The maximum absolute atomic E-state index is 12.3. The van der Waals surface area contributed by atoms with Crippen LogP contribution in [0.15, 0.2) is 24.5 Å². The van der Waals surface area contributed by atoms with Gasteiger partial charge in [-0.1, -0.05) is 0 Å². The highest BCUT2D eigenvalue weighted by atomic mass is 16.5. The zero-order chi connectivity index (χ0) is 22.9. The minimum Gasteiger partial charge on any atom is -0.381 e. The third-order valence-electron chi connectivity index (χ3n) is 7.30. The Morgan fingerprint density at radius 1 is 1.15 bits per heavy atom. The maximum atomic E-state index is 12.3. The summed E-state index contributed by atoms with van der Waals surface area (Å²) in [5.41, 5.74) is 2.83. The zero-order valence-corrected chi connectivity index (χ0v) is 19.6. The van der Waals surface area contributed by atoms with Crippen LogP contribution in [0, 0.1) is 5.92 Å². The number of amides is 3. The van der Waals surface area contributed by atoms with E-state index in [1.165, 1.54) is 24.9 Å². The summed E-state index contributed by atoms with van der Waals surface area (Å²) < 4.78 is 7.33. The molecule has 5 heterocycles. The largest absolute Gasteiger partial charge is 0.381 e. The molecule has 2 aromatic heterocycles. The first-order valence-electron chi connectivity index (χ1n) is 12.1. The van der Waals surface area contributed by atoms with Crippen molar-refractivity contribution < 1.29 is 14.3 Å². The van der Waals surface area contributed by atoms with Gasteiger partial charge in [0.1, 0.15) is 0 Å². The quantitative estimate of drug-likeness (QED) is 0.745. The number of aromatic nitrogens is 2. The van der Waals surface area contributed by atoms with Crippen molar-refractivity contribution in [1.29, 1.82) is 0 Å². The van der Waals surface area contributed by atoms with Crippen LogP contribution >= 0.6 is 0 Å². The van der Waals surface area contributed by atoms with Crippen molar-refractivity contribution in [3.05, 3.63) is 30.1 Å². The number of carbonyl (C=O) groups excluding carboxylic acids is 2. The van der Waals surface area contributed by atoms with E-state index >= 15 is 0 Å². The molecular weight excluding hydrogens is 420 g/mol. The highest BCUT2D eigenvalue weighted by Crippen LogP contribution is 2.26. The lowest BCUT2D eigenvalue weighted by Gasteiger charge is -2.46. The first kappa shape index (κ1) is 22.3. The van der Waals surface area contributed by atoms with Crippen LogP contribution < -0.4 is 10.2 Å². The minimum atomic E-state index is -0.380. The second-order valence-corrected chi connectivity index (χ2v) is 9.79. The number of pyridine rings is 1. The lowest BCUT2D eigenvalue weighted by molar-refractivity contribution is -0.120. The van der Waals surface area contributed by atoms with Gasteiger partial charge in [-0.3, -0.25) is 24.8 Å². The van der Waals surface area contributed by atoms with E-state index in [1.807, 2.05) is 6.20 Å². The number of ether oxygens (including phenoxy) is 1. The highest BCUT2D eigenvalue weighted by Gasteiger charge is 2.32. The highest BCUT2D eigenvalue weighted by molar-refractivity contribution is 6.07. The fourth-order valence-electron chi connectivity index (χ4n) is 5.55. The fourth-order valence-corrected chi connectivity index (χ4v) is 5.55. The molecule has 0 saturated carbocycles. The molecular formula is C24H34N6O3. The summed E-state index contributed by atoms with van der Waals surface area (Å²) in [7, 11) is 0. The second kappa shape index (κ2) is 9.40. The monoisotopic (exact) mass is 454 g/mol. The molecule has 3 amide bonds. The normalized spacial score (nSPS) is 26.2. The number of anilines is 1. The smallest absolute Gasteiger partial charge is 0.328 e. The number of hydrogen-bond donors (Lipinski definition) is 1. The molecule has 0 spiro atoms. The van der Waals surface area contributed by atoms with Crippen molar-refractivity contribution in [1.82, 2.24) is 24.7 Å². The Kier molecular flexibility index (Phi) is 6.36. The molecule has 3 aliphatic heterocycles. The number of imide groups is 1. The van der Waals surface area contributed by atoms with Crippen molar-refractivity contribution in [3.63, 3.8) is 0 Å². The molecule has 0 radical (unpaired) electrons. The van der Waals surface area contributed by atoms with Crippen LogP contribution in [-0.2, 0) is 16.1 Å². The molecule has 2 aromatic rings. The summed E-state index contributed by atoms with van der Waals surface area (Å²) in [6.45, 7) is 11.0. The molecule has 33 heavy (non-hydrogen) atoms. The van der Waals surface area contributed by atoms with Gasteiger partial charge in [0.15, 0.2) is 0 Å². The van der Waals surface area contributed by atoms with E-state index in [-0.39, 0.29) is 11.9 Å². The van der Waals surface area contributed by atoms with Gasteiger partial charge in [0.25, 0.3) is 0 Å². The van der Waals surface area contributed by atoms with Crippen LogP contribution in [0.5, 0.6) is 0 Å². The molecule has 3 fully saturated rings. The third kappa shape index (κ3) is 4.76. The third-order valence-corrected chi connectivity index (χ3v) is 7.30. The Balaban J connectivity index is 1.26. The van der Waals surface area contributed by atoms with Crippen LogP contribution in [-0.4, -0.2) is 82.8 Å². The van der Waals surface area contributed by atoms with Crippen molar-refractivity contribution >= 4 is 23.1 Å². The van der Waals surface area contributed by atoms with Crippen molar-refractivity contribution in [2.24, 2.45) is 5.92 Å². The van der Waals surface area contributed by atoms with Crippen LogP contribution in [0.25, 0.3) is 5.52 Å². The van der Waals surface area contributed by atoms with Crippen LogP contribution in [0.3, 0.4) is 0 Å². The summed E-state index contributed by atoms with van der Waals surface area (Å²) in [4.78, 5) is 30.7. The summed E-state index contributed by atoms with van der Waals surface area (Å²) in [5, 5.41) is 6.80. The van der Waals surface area contributed by atoms with Gasteiger partial charge in [-0.2, -0.15) is 5.10 Å². The van der Waals surface area contributed by atoms with E-state index in [4.69, 9.17) is 4.74 Å². The molecule has 2 atom stereocenters. The molecule has 9 heteroatoms. The minimum absolute atomic E-state index is 0.229. The van der Waals surface area contributed by atoms with Gasteiger partial charge < -0.3 is 4.74 Å². The Morgan fingerprint density at radius 3 is 2.64 bits per heavy atom.